The molecule has 0 saturated carbocycles. The predicted molar refractivity (Wildman–Crippen MR) is 240 cm³/mol. The van der Waals surface area contributed by atoms with Gasteiger partial charge in [-0.2, -0.15) is 0 Å². The van der Waals surface area contributed by atoms with Gasteiger partial charge in [0.1, 0.15) is 11.2 Å². The molecule has 4 nitrogen and oxygen atoms in total. The fourth-order valence-electron chi connectivity index (χ4n) is 8.86. The van der Waals surface area contributed by atoms with Crippen molar-refractivity contribution in [3.63, 3.8) is 0 Å². The van der Waals surface area contributed by atoms with Crippen LogP contribution >= 0.6 is 0 Å². The first-order valence-electron chi connectivity index (χ1n) is 19.6. The summed E-state index contributed by atoms with van der Waals surface area (Å²) in [5.41, 5.74) is 15.8. The van der Waals surface area contributed by atoms with Crippen LogP contribution in [-0.2, 0) is 0 Å². The molecule has 58 heavy (non-hydrogen) atoms. The first-order valence-corrected chi connectivity index (χ1v) is 19.6. The fourth-order valence-corrected chi connectivity index (χ4v) is 8.86. The molecule has 0 fully saturated rings. The monoisotopic (exact) mass is 739 g/mol. The minimum Gasteiger partial charge on any atom is -0.456 e. The Kier molecular flexibility index (Phi) is 7.20. The largest absolute Gasteiger partial charge is 0.456 e. The molecule has 0 saturated heterocycles. The Morgan fingerprint density at radius 2 is 1.09 bits per heavy atom. The first-order chi connectivity index (χ1) is 28.7. The highest BCUT2D eigenvalue weighted by molar-refractivity contribution is 6.16. The number of pyridine rings is 2. The lowest BCUT2D eigenvalue weighted by molar-refractivity contribution is 0.669. The molecular formula is C54H33N3O. The molecule has 0 N–H and O–H groups in total. The Bertz CT molecular complexity index is 3550. The predicted octanol–water partition coefficient (Wildman–Crippen LogP) is 14.4. The lowest BCUT2D eigenvalue weighted by Gasteiger charge is -2.11. The number of nitrogens with zero attached hydrogens (tertiary/aromatic N) is 3. The summed E-state index contributed by atoms with van der Waals surface area (Å²) in [7, 11) is 0. The Morgan fingerprint density at radius 3 is 1.90 bits per heavy atom. The van der Waals surface area contributed by atoms with Crippen LogP contribution in [0.4, 0.5) is 0 Å². The van der Waals surface area contributed by atoms with E-state index < -0.39 is 0 Å². The van der Waals surface area contributed by atoms with Gasteiger partial charge in [0.25, 0.3) is 0 Å². The Balaban J connectivity index is 0.982. The summed E-state index contributed by atoms with van der Waals surface area (Å²) < 4.78 is 8.89. The standard InChI is InChI=1S/C54H33N3O/c1-3-11-36(12-4-1)48-33-43(54-47(56-48)18-10-28-55-54)35-22-20-34(21-23-35)42-17-9-19-52-53(42)46-31-40(25-27-51(46)58-52)39-24-26-49-44(30-39)45-29-37-13-7-8-14-38(37)32-50(45)57(49)41-15-5-2-6-16-41/h1-33H. The van der Waals surface area contributed by atoms with Crippen LogP contribution in [0.25, 0.3) is 116 Å². The number of hydrogen-bond donors (Lipinski definition) is 0. The zero-order valence-corrected chi connectivity index (χ0v) is 31.3. The minimum atomic E-state index is 0.874. The summed E-state index contributed by atoms with van der Waals surface area (Å²) in [5.74, 6) is 0. The van der Waals surface area contributed by atoms with Gasteiger partial charge in [0.15, 0.2) is 0 Å². The molecule has 4 heteroatoms. The summed E-state index contributed by atoms with van der Waals surface area (Å²) in [5, 5.41) is 7.16. The number of fused-ring (bicyclic) bond motifs is 8. The van der Waals surface area contributed by atoms with Crippen molar-refractivity contribution in [3.8, 4) is 50.3 Å². The van der Waals surface area contributed by atoms with Gasteiger partial charge < -0.3 is 8.98 Å². The van der Waals surface area contributed by atoms with Crippen LogP contribution in [-0.4, -0.2) is 14.5 Å². The smallest absolute Gasteiger partial charge is 0.136 e. The Morgan fingerprint density at radius 1 is 0.414 bits per heavy atom. The third-order valence-electron chi connectivity index (χ3n) is 11.6. The van der Waals surface area contributed by atoms with Gasteiger partial charge in [-0.25, -0.2) is 4.98 Å². The van der Waals surface area contributed by atoms with E-state index in [1.807, 2.05) is 36.5 Å². The van der Waals surface area contributed by atoms with Gasteiger partial charge in [-0.15, -0.1) is 0 Å². The quantitative estimate of drug-likeness (QED) is 0.177. The number of furan rings is 1. The zero-order valence-electron chi connectivity index (χ0n) is 31.3. The average Bonchev–Trinajstić information content (AvgIpc) is 3.83. The third kappa shape index (κ3) is 5.16. The summed E-state index contributed by atoms with van der Waals surface area (Å²) in [6, 6.07) is 69.1. The molecule has 0 atom stereocenters. The maximum absolute atomic E-state index is 6.50. The highest BCUT2D eigenvalue weighted by Crippen LogP contribution is 2.41. The van der Waals surface area contributed by atoms with E-state index >= 15 is 0 Å². The molecule has 0 unspecified atom stereocenters. The van der Waals surface area contributed by atoms with E-state index in [0.717, 1.165) is 77.7 Å². The van der Waals surface area contributed by atoms with Gasteiger partial charge in [0, 0.05) is 44.6 Å². The van der Waals surface area contributed by atoms with E-state index in [0.29, 0.717) is 0 Å². The van der Waals surface area contributed by atoms with Crippen molar-refractivity contribution in [1.82, 2.24) is 14.5 Å². The van der Waals surface area contributed by atoms with Crippen molar-refractivity contribution in [2.75, 3.05) is 0 Å². The molecular weight excluding hydrogens is 707 g/mol. The first kappa shape index (κ1) is 32.4. The molecule has 0 aliphatic heterocycles. The number of aromatic nitrogens is 3. The highest BCUT2D eigenvalue weighted by atomic mass is 16.3. The van der Waals surface area contributed by atoms with Crippen LogP contribution in [0.5, 0.6) is 0 Å². The lowest BCUT2D eigenvalue weighted by Crippen LogP contribution is -1.93. The fraction of sp³-hybridized carbons (Fsp3) is 0. The van der Waals surface area contributed by atoms with Crippen LogP contribution in [0.2, 0.25) is 0 Å². The molecule has 0 aliphatic carbocycles. The van der Waals surface area contributed by atoms with Crippen LogP contribution in [0, 0.1) is 0 Å². The van der Waals surface area contributed by atoms with Crippen LogP contribution in [0.15, 0.2) is 205 Å². The van der Waals surface area contributed by atoms with Crippen LogP contribution in [0.1, 0.15) is 0 Å². The van der Waals surface area contributed by atoms with Crippen molar-refractivity contribution in [3.05, 3.63) is 200 Å². The normalized spacial score (nSPS) is 11.8. The van der Waals surface area contributed by atoms with Gasteiger partial charge in [-0.1, -0.05) is 121 Å². The molecule has 0 spiro atoms. The summed E-state index contributed by atoms with van der Waals surface area (Å²) in [6.45, 7) is 0. The van der Waals surface area contributed by atoms with E-state index in [4.69, 9.17) is 14.4 Å². The molecule has 4 aromatic heterocycles. The van der Waals surface area contributed by atoms with Gasteiger partial charge in [0.05, 0.1) is 27.8 Å². The number of hydrogen-bond acceptors (Lipinski definition) is 3. The molecule has 0 radical (unpaired) electrons. The minimum absolute atomic E-state index is 0.874. The van der Waals surface area contributed by atoms with E-state index in [-0.39, 0.29) is 0 Å². The second-order valence-electron chi connectivity index (χ2n) is 15.0. The van der Waals surface area contributed by atoms with Crippen molar-refractivity contribution in [2.24, 2.45) is 0 Å². The highest BCUT2D eigenvalue weighted by Gasteiger charge is 2.18. The van der Waals surface area contributed by atoms with Gasteiger partial charge in [0.2, 0.25) is 0 Å². The summed E-state index contributed by atoms with van der Waals surface area (Å²) in [4.78, 5) is 9.72. The molecule has 270 valence electrons. The lowest BCUT2D eigenvalue weighted by atomic mass is 9.95. The summed E-state index contributed by atoms with van der Waals surface area (Å²) in [6.07, 6.45) is 1.84. The van der Waals surface area contributed by atoms with Crippen molar-refractivity contribution in [2.45, 2.75) is 0 Å². The maximum atomic E-state index is 6.50. The Labute approximate surface area is 333 Å². The second-order valence-corrected chi connectivity index (χ2v) is 15.0. The summed E-state index contributed by atoms with van der Waals surface area (Å²) >= 11 is 0. The average molecular weight is 740 g/mol. The van der Waals surface area contributed by atoms with E-state index in [2.05, 4.69) is 168 Å². The van der Waals surface area contributed by atoms with Crippen molar-refractivity contribution < 1.29 is 4.42 Å². The van der Waals surface area contributed by atoms with E-state index in [1.54, 1.807) is 0 Å². The molecule has 12 aromatic rings. The van der Waals surface area contributed by atoms with E-state index in [1.165, 1.54) is 38.1 Å². The molecule has 12 rings (SSSR count). The van der Waals surface area contributed by atoms with Gasteiger partial charge in [-0.05, 0) is 111 Å². The second kappa shape index (κ2) is 12.9. The molecule has 8 aromatic carbocycles. The van der Waals surface area contributed by atoms with Crippen LogP contribution < -0.4 is 0 Å². The topological polar surface area (TPSA) is 43.9 Å². The number of benzene rings is 8. The van der Waals surface area contributed by atoms with Crippen LogP contribution in [0.3, 0.4) is 0 Å². The maximum Gasteiger partial charge on any atom is 0.136 e. The Hall–Kier alpha value is -7.82. The molecule has 0 bridgehead atoms. The van der Waals surface area contributed by atoms with E-state index in [9.17, 15) is 0 Å². The zero-order chi connectivity index (χ0) is 38.2. The molecule has 0 amide bonds. The van der Waals surface area contributed by atoms with Crippen molar-refractivity contribution in [1.29, 1.82) is 0 Å². The molecule has 4 heterocycles. The third-order valence-corrected chi connectivity index (χ3v) is 11.6. The van der Waals surface area contributed by atoms with Gasteiger partial charge >= 0.3 is 0 Å². The molecule has 0 aliphatic rings. The number of rotatable bonds is 5. The van der Waals surface area contributed by atoms with Gasteiger partial charge in [-0.3, -0.25) is 4.98 Å². The number of para-hydroxylation sites is 1. The SMILES string of the molecule is c1ccc(-c2cc(-c3ccc(-c4cccc5oc6ccc(-c7ccc8c(c7)c7cc9ccccc9cc7n8-c7ccccc7)cc6c45)cc3)c3ncccc3n2)cc1. The van der Waals surface area contributed by atoms with Crippen molar-refractivity contribution >= 4 is 65.6 Å².